The topological polar surface area (TPSA) is 67.0 Å². The summed E-state index contributed by atoms with van der Waals surface area (Å²) in [5.41, 5.74) is 1.31. The number of hydrogen-bond acceptors (Lipinski definition) is 3. The minimum Gasteiger partial charge on any atom is -0.444 e. The summed E-state index contributed by atoms with van der Waals surface area (Å²) >= 11 is 0. The first-order chi connectivity index (χ1) is 11.6. The Labute approximate surface area is 148 Å². The predicted octanol–water partition coefficient (Wildman–Crippen LogP) is 4.45. The van der Waals surface area contributed by atoms with Crippen LogP contribution in [0.3, 0.4) is 0 Å². The highest BCUT2D eigenvalue weighted by Crippen LogP contribution is 2.24. The van der Waals surface area contributed by atoms with Crippen LogP contribution in [0.5, 0.6) is 0 Å². The first-order valence-corrected chi connectivity index (χ1v) is 8.35. The number of rotatable bonds is 5. The van der Waals surface area contributed by atoms with E-state index in [1.165, 1.54) is 12.3 Å². The predicted molar refractivity (Wildman–Crippen MR) is 95.8 cm³/mol. The third-order valence-electron chi connectivity index (χ3n) is 3.65. The zero-order valence-electron chi connectivity index (χ0n) is 15.4. The van der Waals surface area contributed by atoms with Crippen LogP contribution in [0, 0.1) is 5.82 Å². The first-order valence-electron chi connectivity index (χ1n) is 8.35. The molecule has 136 valence electrons. The number of nitrogens with zero attached hydrogens (tertiary/aromatic N) is 1. The molecule has 2 N–H and O–H groups in total. The molecule has 0 aliphatic heterocycles. The minimum absolute atomic E-state index is 0.375. The fourth-order valence-corrected chi connectivity index (χ4v) is 2.47. The number of carbonyl (C=O) groups excluding carboxylic acids is 1. The number of amides is 1. The Balaban J connectivity index is 2.06. The van der Waals surface area contributed by atoms with Gasteiger partial charge in [0.05, 0.1) is 6.20 Å². The second-order valence-corrected chi connectivity index (χ2v) is 7.74. The number of carbonyl (C=O) groups is 1. The van der Waals surface area contributed by atoms with Gasteiger partial charge in [0.2, 0.25) is 0 Å². The maximum atomic E-state index is 13.6. The number of ether oxygens (including phenoxy) is 1. The fourth-order valence-electron chi connectivity index (χ4n) is 2.47. The van der Waals surface area contributed by atoms with Crippen molar-refractivity contribution >= 4 is 6.09 Å². The Bertz CT molecular complexity index is 719. The van der Waals surface area contributed by atoms with Gasteiger partial charge in [0.25, 0.3) is 0 Å². The molecule has 0 aliphatic carbocycles. The SMILES string of the molecule is CC(C)(CCc1ncc(F)cc1-c1ccc[nH]1)NC(=O)OC(C)(C)C. The van der Waals surface area contributed by atoms with Crippen molar-refractivity contribution in [3.8, 4) is 11.3 Å². The van der Waals surface area contributed by atoms with Gasteiger partial charge in [-0.15, -0.1) is 0 Å². The van der Waals surface area contributed by atoms with E-state index in [4.69, 9.17) is 4.74 Å². The summed E-state index contributed by atoms with van der Waals surface area (Å²) in [5, 5.41) is 2.88. The summed E-state index contributed by atoms with van der Waals surface area (Å²) in [6, 6.07) is 5.21. The third kappa shape index (κ3) is 5.89. The van der Waals surface area contributed by atoms with Gasteiger partial charge >= 0.3 is 6.09 Å². The van der Waals surface area contributed by atoms with Crippen molar-refractivity contribution in [1.82, 2.24) is 15.3 Å². The first kappa shape index (κ1) is 19.0. The van der Waals surface area contributed by atoms with E-state index < -0.39 is 17.2 Å². The molecule has 2 heterocycles. The Hall–Kier alpha value is -2.37. The third-order valence-corrected chi connectivity index (χ3v) is 3.65. The zero-order chi connectivity index (χ0) is 18.7. The van der Waals surface area contributed by atoms with Crippen LogP contribution in [0.1, 0.15) is 46.7 Å². The van der Waals surface area contributed by atoms with Crippen molar-refractivity contribution in [2.75, 3.05) is 0 Å². The summed E-state index contributed by atoms with van der Waals surface area (Å²) < 4.78 is 18.9. The van der Waals surface area contributed by atoms with Crippen LogP contribution in [-0.2, 0) is 11.2 Å². The van der Waals surface area contributed by atoms with Crippen molar-refractivity contribution in [2.45, 2.75) is 58.6 Å². The quantitative estimate of drug-likeness (QED) is 0.839. The Kier molecular flexibility index (Phi) is 5.50. The summed E-state index contributed by atoms with van der Waals surface area (Å²) in [5.74, 6) is -0.375. The molecule has 0 saturated heterocycles. The summed E-state index contributed by atoms with van der Waals surface area (Å²) in [6.07, 6.45) is 3.79. The molecule has 5 nitrogen and oxygen atoms in total. The van der Waals surface area contributed by atoms with E-state index in [2.05, 4.69) is 15.3 Å². The molecule has 0 fully saturated rings. The van der Waals surface area contributed by atoms with Gasteiger partial charge in [-0.05, 0) is 65.7 Å². The summed E-state index contributed by atoms with van der Waals surface area (Å²) in [7, 11) is 0. The van der Waals surface area contributed by atoms with Gasteiger partial charge in [0.1, 0.15) is 11.4 Å². The Morgan fingerprint density at radius 2 is 2.04 bits per heavy atom. The van der Waals surface area contributed by atoms with E-state index in [9.17, 15) is 9.18 Å². The van der Waals surface area contributed by atoms with Crippen molar-refractivity contribution < 1.29 is 13.9 Å². The van der Waals surface area contributed by atoms with Crippen LogP contribution in [0.25, 0.3) is 11.3 Å². The minimum atomic E-state index is -0.542. The molecule has 2 rings (SSSR count). The van der Waals surface area contributed by atoms with E-state index >= 15 is 0 Å². The number of hydrogen-bond donors (Lipinski definition) is 2. The second kappa shape index (κ2) is 7.25. The van der Waals surface area contributed by atoms with E-state index in [0.717, 1.165) is 17.0 Å². The average molecular weight is 347 g/mol. The number of pyridine rings is 1. The molecule has 0 radical (unpaired) electrons. The van der Waals surface area contributed by atoms with E-state index in [0.29, 0.717) is 12.8 Å². The summed E-state index contributed by atoms with van der Waals surface area (Å²) in [4.78, 5) is 19.3. The highest BCUT2D eigenvalue weighted by molar-refractivity contribution is 5.68. The standard InChI is InChI=1S/C19H26FN3O2/c1-18(2,3)25-17(24)23-19(4,5)9-8-16-14(11-13(20)12-22-16)15-7-6-10-21-15/h6-7,10-12,21H,8-9H2,1-5H3,(H,23,24). The van der Waals surface area contributed by atoms with Crippen LogP contribution < -0.4 is 5.32 Å². The molecule has 25 heavy (non-hydrogen) atoms. The van der Waals surface area contributed by atoms with Gasteiger partial charge in [-0.1, -0.05) is 0 Å². The van der Waals surface area contributed by atoms with Crippen LogP contribution in [0.4, 0.5) is 9.18 Å². The molecular formula is C19H26FN3O2. The van der Waals surface area contributed by atoms with E-state index in [-0.39, 0.29) is 5.82 Å². The molecule has 0 aliphatic rings. The number of aryl methyl sites for hydroxylation is 1. The Morgan fingerprint density at radius 3 is 2.64 bits per heavy atom. The lowest BCUT2D eigenvalue weighted by Gasteiger charge is -2.28. The average Bonchev–Trinajstić information content (AvgIpc) is 2.97. The number of nitrogens with one attached hydrogen (secondary N) is 2. The fraction of sp³-hybridized carbons (Fsp3) is 0.474. The van der Waals surface area contributed by atoms with Crippen molar-refractivity contribution in [3.05, 3.63) is 42.1 Å². The normalized spacial score (nSPS) is 12.1. The van der Waals surface area contributed by atoms with Gasteiger partial charge in [-0.3, -0.25) is 4.98 Å². The highest BCUT2D eigenvalue weighted by atomic mass is 19.1. The molecular weight excluding hydrogens is 321 g/mol. The lowest BCUT2D eigenvalue weighted by atomic mass is 9.95. The largest absolute Gasteiger partial charge is 0.444 e. The van der Waals surface area contributed by atoms with Gasteiger partial charge in [0, 0.05) is 28.7 Å². The number of aromatic nitrogens is 2. The smallest absolute Gasteiger partial charge is 0.408 e. The zero-order valence-corrected chi connectivity index (χ0v) is 15.4. The lowest BCUT2D eigenvalue weighted by Crippen LogP contribution is -2.46. The van der Waals surface area contributed by atoms with Crippen LogP contribution >= 0.6 is 0 Å². The molecule has 0 aromatic carbocycles. The molecule has 0 unspecified atom stereocenters. The van der Waals surface area contributed by atoms with Gasteiger partial charge in [0.15, 0.2) is 0 Å². The van der Waals surface area contributed by atoms with Gasteiger partial charge in [-0.25, -0.2) is 9.18 Å². The molecule has 6 heteroatoms. The molecule has 0 bridgehead atoms. The van der Waals surface area contributed by atoms with E-state index in [1.54, 1.807) is 6.20 Å². The number of H-pyrrole nitrogens is 1. The molecule has 2 aromatic rings. The number of halogens is 1. The van der Waals surface area contributed by atoms with Gasteiger partial charge in [-0.2, -0.15) is 0 Å². The van der Waals surface area contributed by atoms with Crippen molar-refractivity contribution in [2.24, 2.45) is 0 Å². The number of alkyl carbamates (subject to hydrolysis) is 1. The maximum absolute atomic E-state index is 13.6. The van der Waals surface area contributed by atoms with Crippen molar-refractivity contribution in [3.63, 3.8) is 0 Å². The monoisotopic (exact) mass is 347 g/mol. The van der Waals surface area contributed by atoms with Crippen molar-refractivity contribution in [1.29, 1.82) is 0 Å². The van der Waals surface area contributed by atoms with Crippen LogP contribution in [0.15, 0.2) is 30.6 Å². The number of aromatic amines is 1. The molecule has 0 saturated carbocycles. The highest BCUT2D eigenvalue weighted by Gasteiger charge is 2.25. The van der Waals surface area contributed by atoms with E-state index in [1.807, 2.05) is 46.8 Å². The lowest BCUT2D eigenvalue weighted by molar-refractivity contribution is 0.0468. The molecule has 2 aromatic heterocycles. The maximum Gasteiger partial charge on any atom is 0.408 e. The van der Waals surface area contributed by atoms with Crippen LogP contribution in [-0.4, -0.2) is 27.2 Å². The Morgan fingerprint density at radius 1 is 1.32 bits per heavy atom. The van der Waals surface area contributed by atoms with Crippen LogP contribution in [0.2, 0.25) is 0 Å². The molecule has 1 amide bonds. The summed E-state index contributed by atoms with van der Waals surface area (Å²) in [6.45, 7) is 9.32. The molecule has 0 spiro atoms. The molecule has 0 atom stereocenters. The second-order valence-electron chi connectivity index (χ2n) is 7.74. The van der Waals surface area contributed by atoms with Gasteiger partial charge < -0.3 is 15.0 Å².